The molecule has 1 saturated carbocycles. The van der Waals surface area contributed by atoms with Gasteiger partial charge in [-0.15, -0.1) is 0 Å². The average Bonchev–Trinajstić information content (AvgIpc) is 2.73. The van der Waals surface area contributed by atoms with Crippen LogP contribution in [-0.4, -0.2) is 37.0 Å². The van der Waals surface area contributed by atoms with Crippen molar-refractivity contribution in [2.24, 2.45) is 5.92 Å². The minimum atomic E-state index is -0.780. The molecule has 2 aromatic carbocycles. The first-order valence-corrected chi connectivity index (χ1v) is 10.8. The number of benzene rings is 2. The molecule has 32 heavy (non-hydrogen) atoms. The van der Waals surface area contributed by atoms with Gasteiger partial charge < -0.3 is 23.7 Å². The minimum Gasteiger partial charge on any atom is -0.494 e. The van der Waals surface area contributed by atoms with E-state index >= 15 is 0 Å². The van der Waals surface area contributed by atoms with Crippen LogP contribution in [0.15, 0.2) is 51.7 Å². The molecule has 0 radical (unpaired) electrons. The standard InChI is InChI=1S/C24H23ClO7/c1-2-29-15-6-7-21(31-9-8-30-16-10-14(11-16)24(27)28)18(12-15)22-13-20(26)17-4-3-5-19(25)23(17)32-22/h3-7,12-14,16H,2,8-11H2,1H3,(H,27,28)/t14-,16-. The third-order valence-corrected chi connectivity index (χ3v) is 5.67. The predicted molar refractivity (Wildman–Crippen MR) is 120 cm³/mol. The second-order valence-electron chi connectivity index (χ2n) is 7.53. The van der Waals surface area contributed by atoms with E-state index in [1.54, 1.807) is 36.4 Å². The number of hydrogen-bond acceptors (Lipinski definition) is 6. The summed E-state index contributed by atoms with van der Waals surface area (Å²) in [5.41, 5.74) is 0.660. The van der Waals surface area contributed by atoms with E-state index in [1.165, 1.54) is 6.07 Å². The van der Waals surface area contributed by atoms with Crippen LogP contribution in [0.3, 0.4) is 0 Å². The molecule has 1 aliphatic carbocycles. The smallest absolute Gasteiger partial charge is 0.306 e. The summed E-state index contributed by atoms with van der Waals surface area (Å²) in [7, 11) is 0. The summed E-state index contributed by atoms with van der Waals surface area (Å²) < 4.78 is 23.2. The summed E-state index contributed by atoms with van der Waals surface area (Å²) in [5.74, 6) is 0.334. The van der Waals surface area contributed by atoms with Crippen LogP contribution >= 0.6 is 11.6 Å². The molecule has 1 aliphatic rings. The Kier molecular flexibility index (Phi) is 6.67. The molecule has 1 heterocycles. The number of fused-ring (bicyclic) bond motifs is 1. The van der Waals surface area contributed by atoms with Gasteiger partial charge in [0.05, 0.1) is 41.2 Å². The summed E-state index contributed by atoms with van der Waals surface area (Å²) in [4.78, 5) is 23.5. The van der Waals surface area contributed by atoms with Crippen LogP contribution in [-0.2, 0) is 9.53 Å². The summed E-state index contributed by atoms with van der Waals surface area (Å²) in [5, 5.41) is 9.69. The molecule has 3 aromatic rings. The van der Waals surface area contributed by atoms with Gasteiger partial charge >= 0.3 is 5.97 Å². The van der Waals surface area contributed by atoms with Crippen LogP contribution in [0.25, 0.3) is 22.3 Å². The highest BCUT2D eigenvalue weighted by Gasteiger charge is 2.35. The summed E-state index contributed by atoms with van der Waals surface area (Å²) >= 11 is 6.25. The van der Waals surface area contributed by atoms with E-state index in [0.29, 0.717) is 64.9 Å². The van der Waals surface area contributed by atoms with Crippen molar-refractivity contribution in [3.8, 4) is 22.8 Å². The van der Waals surface area contributed by atoms with Crippen molar-refractivity contribution in [2.75, 3.05) is 19.8 Å². The van der Waals surface area contributed by atoms with Crippen molar-refractivity contribution < 1.29 is 28.5 Å². The fraction of sp³-hybridized carbons (Fsp3) is 0.333. The molecule has 0 aliphatic heterocycles. The maximum absolute atomic E-state index is 12.6. The zero-order chi connectivity index (χ0) is 22.7. The third-order valence-electron chi connectivity index (χ3n) is 5.37. The number of hydrogen-bond donors (Lipinski definition) is 1. The minimum absolute atomic E-state index is 0.0554. The zero-order valence-corrected chi connectivity index (χ0v) is 18.3. The SMILES string of the molecule is CCOc1ccc(OCCO[C@H]2C[C@H](C(=O)O)C2)c(-c2cc(=O)c3cccc(Cl)c3o2)c1. The van der Waals surface area contributed by atoms with Crippen molar-refractivity contribution in [2.45, 2.75) is 25.9 Å². The first-order chi connectivity index (χ1) is 15.5. The first kappa shape index (κ1) is 22.2. The van der Waals surface area contributed by atoms with Crippen molar-refractivity contribution >= 4 is 28.5 Å². The average molecular weight is 459 g/mol. The molecule has 0 saturated heterocycles. The summed E-state index contributed by atoms with van der Waals surface area (Å²) in [6, 6.07) is 11.7. The highest BCUT2D eigenvalue weighted by Crippen LogP contribution is 2.36. The number of halogens is 1. The van der Waals surface area contributed by atoms with Crippen molar-refractivity contribution in [1.29, 1.82) is 0 Å². The number of carboxylic acid groups (broad SMARTS) is 1. The van der Waals surface area contributed by atoms with E-state index in [4.69, 9.17) is 35.3 Å². The summed E-state index contributed by atoms with van der Waals surface area (Å²) in [6.45, 7) is 2.94. The molecule has 8 heteroatoms. The second kappa shape index (κ2) is 9.63. The van der Waals surface area contributed by atoms with Gasteiger partial charge in [-0.05, 0) is 50.1 Å². The molecule has 1 fully saturated rings. The molecule has 0 unspecified atom stereocenters. The Morgan fingerprint density at radius 2 is 1.97 bits per heavy atom. The lowest BCUT2D eigenvalue weighted by Gasteiger charge is -2.32. The molecule has 0 atom stereocenters. The van der Waals surface area contributed by atoms with Gasteiger partial charge in [0.1, 0.15) is 23.9 Å². The monoisotopic (exact) mass is 458 g/mol. The molecule has 0 spiro atoms. The fourth-order valence-electron chi connectivity index (χ4n) is 3.63. The number of ether oxygens (including phenoxy) is 3. The highest BCUT2D eigenvalue weighted by molar-refractivity contribution is 6.34. The normalized spacial score (nSPS) is 17.7. The van der Waals surface area contributed by atoms with Gasteiger partial charge in [0, 0.05) is 6.07 Å². The Bertz CT molecular complexity index is 1180. The van der Waals surface area contributed by atoms with Gasteiger partial charge in [-0.2, -0.15) is 0 Å². The Hall–Kier alpha value is -3.03. The van der Waals surface area contributed by atoms with Crippen molar-refractivity contribution in [1.82, 2.24) is 0 Å². The van der Waals surface area contributed by atoms with Crippen LogP contribution in [0.1, 0.15) is 19.8 Å². The lowest BCUT2D eigenvalue weighted by molar-refractivity contribution is -0.151. The maximum atomic E-state index is 12.6. The molecule has 1 aromatic heterocycles. The topological polar surface area (TPSA) is 95.2 Å². The quantitative estimate of drug-likeness (QED) is 0.461. The second-order valence-corrected chi connectivity index (χ2v) is 7.94. The molecule has 4 rings (SSSR count). The van der Waals surface area contributed by atoms with Crippen molar-refractivity contribution in [3.05, 3.63) is 57.7 Å². The number of rotatable bonds is 9. The molecule has 0 amide bonds. The molecular formula is C24H23ClO7. The maximum Gasteiger partial charge on any atom is 0.306 e. The molecule has 168 valence electrons. The lowest BCUT2D eigenvalue weighted by atomic mass is 9.82. The summed E-state index contributed by atoms with van der Waals surface area (Å²) in [6.07, 6.45) is 0.986. The predicted octanol–water partition coefficient (Wildman–Crippen LogP) is 4.77. The van der Waals surface area contributed by atoms with Crippen LogP contribution in [0.2, 0.25) is 5.02 Å². The zero-order valence-electron chi connectivity index (χ0n) is 17.5. The van der Waals surface area contributed by atoms with Crippen LogP contribution < -0.4 is 14.9 Å². The van der Waals surface area contributed by atoms with Gasteiger partial charge in [0.25, 0.3) is 0 Å². The number of carbonyl (C=O) groups is 1. The molecule has 7 nitrogen and oxygen atoms in total. The Morgan fingerprint density at radius 1 is 1.16 bits per heavy atom. The molecule has 0 bridgehead atoms. The van der Waals surface area contributed by atoms with Gasteiger partial charge in [-0.3, -0.25) is 9.59 Å². The first-order valence-electron chi connectivity index (χ1n) is 10.4. The highest BCUT2D eigenvalue weighted by atomic mass is 35.5. The number of aliphatic carboxylic acids is 1. The van der Waals surface area contributed by atoms with Gasteiger partial charge in [-0.1, -0.05) is 17.7 Å². The van der Waals surface area contributed by atoms with Crippen molar-refractivity contribution in [3.63, 3.8) is 0 Å². The number of para-hydroxylation sites is 1. The van der Waals surface area contributed by atoms with E-state index in [2.05, 4.69) is 0 Å². The van der Waals surface area contributed by atoms with Crippen LogP contribution in [0.5, 0.6) is 11.5 Å². The van der Waals surface area contributed by atoms with Gasteiger partial charge in [-0.25, -0.2) is 0 Å². The van der Waals surface area contributed by atoms with Gasteiger partial charge in [0.2, 0.25) is 0 Å². The van der Waals surface area contributed by atoms with E-state index in [9.17, 15) is 9.59 Å². The van der Waals surface area contributed by atoms with Gasteiger partial charge in [0.15, 0.2) is 11.0 Å². The Balaban J connectivity index is 1.54. The van der Waals surface area contributed by atoms with Crippen LogP contribution in [0.4, 0.5) is 0 Å². The lowest BCUT2D eigenvalue weighted by Crippen LogP contribution is -2.37. The largest absolute Gasteiger partial charge is 0.494 e. The van der Waals surface area contributed by atoms with E-state index in [0.717, 1.165) is 0 Å². The molecule has 1 N–H and O–H groups in total. The Morgan fingerprint density at radius 3 is 2.72 bits per heavy atom. The number of carboxylic acids is 1. The van der Waals surface area contributed by atoms with E-state index in [1.807, 2.05) is 6.92 Å². The van der Waals surface area contributed by atoms with Crippen LogP contribution in [0, 0.1) is 5.92 Å². The molecular weight excluding hydrogens is 436 g/mol. The van der Waals surface area contributed by atoms with E-state index < -0.39 is 5.97 Å². The third kappa shape index (κ3) is 4.74. The fourth-order valence-corrected chi connectivity index (χ4v) is 3.84. The Labute approximate surface area is 189 Å². The van der Waals surface area contributed by atoms with E-state index in [-0.39, 0.29) is 24.1 Å².